The van der Waals surface area contributed by atoms with Gasteiger partial charge in [0.15, 0.2) is 0 Å². The second kappa shape index (κ2) is 8.33. The minimum Gasteiger partial charge on any atom is -0.497 e. The van der Waals surface area contributed by atoms with Gasteiger partial charge in [-0.1, -0.05) is 6.07 Å². The monoisotopic (exact) mass is 353 g/mol. The summed E-state index contributed by atoms with van der Waals surface area (Å²) in [7, 11) is 3.46. The molecule has 0 radical (unpaired) electrons. The van der Waals surface area contributed by atoms with Crippen molar-refractivity contribution in [1.82, 2.24) is 24.9 Å². The van der Waals surface area contributed by atoms with Gasteiger partial charge in [-0.15, -0.1) is 0 Å². The van der Waals surface area contributed by atoms with Gasteiger partial charge in [0.1, 0.15) is 5.75 Å². The molecule has 0 saturated carbocycles. The first kappa shape index (κ1) is 17.7. The van der Waals surface area contributed by atoms with E-state index in [4.69, 9.17) is 4.74 Å². The standard InChI is InChI=1S/C19H23N5O2/c1-23(19(25)8-3-5-15-10-20-21-11-15)13-16-12-22-24(14-16)17-6-4-7-18(9-17)26-2/h4,6-7,9-12,14H,3,5,8,13H2,1-2H3,(H,20,21). The Balaban J connectivity index is 1.53. The van der Waals surface area contributed by atoms with E-state index in [2.05, 4.69) is 15.3 Å². The van der Waals surface area contributed by atoms with E-state index >= 15 is 0 Å². The number of amides is 1. The highest BCUT2D eigenvalue weighted by Gasteiger charge is 2.11. The van der Waals surface area contributed by atoms with E-state index in [0.29, 0.717) is 13.0 Å². The molecule has 1 amide bonds. The summed E-state index contributed by atoms with van der Waals surface area (Å²) in [6.07, 6.45) is 9.56. The molecule has 0 aliphatic rings. The van der Waals surface area contributed by atoms with Gasteiger partial charge in [0.2, 0.25) is 5.91 Å². The third-order valence-corrected chi connectivity index (χ3v) is 4.21. The van der Waals surface area contributed by atoms with Crippen molar-refractivity contribution in [2.75, 3.05) is 14.2 Å². The van der Waals surface area contributed by atoms with Gasteiger partial charge in [-0.05, 0) is 30.5 Å². The Morgan fingerprint density at radius 2 is 2.19 bits per heavy atom. The highest BCUT2D eigenvalue weighted by Crippen LogP contribution is 2.16. The molecule has 0 aliphatic heterocycles. The summed E-state index contributed by atoms with van der Waals surface area (Å²) in [5.41, 5.74) is 3.03. The molecule has 0 unspecified atom stereocenters. The molecular weight excluding hydrogens is 330 g/mol. The quantitative estimate of drug-likeness (QED) is 0.675. The van der Waals surface area contributed by atoms with Crippen molar-refractivity contribution >= 4 is 5.91 Å². The average molecular weight is 353 g/mol. The van der Waals surface area contributed by atoms with Gasteiger partial charge in [0.25, 0.3) is 0 Å². The predicted octanol–water partition coefficient (Wildman–Crippen LogP) is 2.59. The number of nitrogens with zero attached hydrogens (tertiary/aromatic N) is 4. The van der Waals surface area contributed by atoms with Crippen molar-refractivity contribution in [1.29, 1.82) is 0 Å². The van der Waals surface area contributed by atoms with Crippen LogP contribution in [0.2, 0.25) is 0 Å². The second-order valence-electron chi connectivity index (χ2n) is 6.20. The zero-order valence-electron chi connectivity index (χ0n) is 15.1. The molecule has 0 fully saturated rings. The topological polar surface area (TPSA) is 76.0 Å². The molecule has 7 heteroatoms. The van der Waals surface area contributed by atoms with Crippen LogP contribution in [0.15, 0.2) is 49.1 Å². The number of rotatable bonds is 8. The van der Waals surface area contributed by atoms with Gasteiger partial charge in [0, 0.05) is 44.0 Å². The van der Waals surface area contributed by atoms with Crippen molar-refractivity contribution in [2.24, 2.45) is 0 Å². The first-order chi connectivity index (χ1) is 12.7. The summed E-state index contributed by atoms with van der Waals surface area (Å²) in [6, 6.07) is 7.70. The Kier molecular flexibility index (Phi) is 5.68. The molecular formula is C19H23N5O2. The van der Waals surface area contributed by atoms with Crippen molar-refractivity contribution in [3.8, 4) is 11.4 Å². The third-order valence-electron chi connectivity index (χ3n) is 4.21. The minimum absolute atomic E-state index is 0.127. The molecule has 0 bridgehead atoms. The maximum atomic E-state index is 12.3. The summed E-state index contributed by atoms with van der Waals surface area (Å²) < 4.78 is 7.03. The van der Waals surface area contributed by atoms with Gasteiger partial charge in [-0.25, -0.2) is 4.68 Å². The van der Waals surface area contributed by atoms with E-state index in [1.54, 1.807) is 29.1 Å². The number of hydrogen-bond acceptors (Lipinski definition) is 4. The van der Waals surface area contributed by atoms with Crippen molar-refractivity contribution in [2.45, 2.75) is 25.8 Å². The lowest BCUT2D eigenvalue weighted by Crippen LogP contribution is -2.25. The normalized spacial score (nSPS) is 10.7. The maximum absolute atomic E-state index is 12.3. The van der Waals surface area contributed by atoms with Crippen LogP contribution in [0.5, 0.6) is 5.75 Å². The molecule has 2 heterocycles. The van der Waals surface area contributed by atoms with E-state index < -0.39 is 0 Å². The van der Waals surface area contributed by atoms with Crippen LogP contribution in [0.3, 0.4) is 0 Å². The molecule has 0 saturated heterocycles. The number of H-pyrrole nitrogens is 1. The fourth-order valence-corrected chi connectivity index (χ4v) is 2.75. The number of aryl methyl sites for hydroxylation is 1. The molecule has 0 aliphatic carbocycles. The van der Waals surface area contributed by atoms with Crippen LogP contribution in [0.4, 0.5) is 0 Å². The van der Waals surface area contributed by atoms with Crippen LogP contribution in [0.1, 0.15) is 24.0 Å². The van der Waals surface area contributed by atoms with Crippen LogP contribution in [0, 0.1) is 0 Å². The Labute approximate surface area is 152 Å². The number of benzene rings is 1. The van der Waals surface area contributed by atoms with Gasteiger partial charge >= 0.3 is 0 Å². The lowest BCUT2D eigenvalue weighted by atomic mass is 10.1. The molecule has 1 N–H and O–H groups in total. The highest BCUT2D eigenvalue weighted by molar-refractivity contribution is 5.75. The summed E-state index contributed by atoms with van der Waals surface area (Å²) >= 11 is 0. The Morgan fingerprint density at radius 3 is 2.96 bits per heavy atom. The molecule has 3 rings (SSSR count). The van der Waals surface area contributed by atoms with E-state index in [1.165, 1.54) is 0 Å². The lowest BCUT2D eigenvalue weighted by Gasteiger charge is -2.16. The first-order valence-electron chi connectivity index (χ1n) is 8.55. The molecule has 2 aromatic heterocycles. The Morgan fingerprint density at radius 1 is 1.31 bits per heavy atom. The average Bonchev–Trinajstić information content (AvgIpc) is 3.33. The SMILES string of the molecule is COc1cccc(-n2cc(CN(C)C(=O)CCCc3cn[nH]c3)cn2)c1. The van der Waals surface area contributed by atoms with Crippen molar-refractivity contribution in [3.05, 3.63) is 60.2 Å². The van der Waals surface area contributed by atoms with E-state index in [1.807, 2.05) is 43.7 Å². The fourth-order valence-electron chi connectivity index (χ4n) is 2.75. The third kappa shape index (κ3) is 4.50. The number of hydrogen-bond donors (Lipinski definition) is 1. The van der Waals surface area contributed by atoms with Gasteiger partial charge < -0.3 is 9.64 Å². The number of aromatic amines is 1. The van der Waals surface area contributed by atoms with Crippen LogP contribution in [0.25, 0.3) is 5.69 Å². The zero-order valence-corrected chi connectivity index (χ0v) is 15.1. The molecule has 136 valence electrons. The zero-order chi connectivity index (χ0) is 18.4. The summed E-state index contributed by atoms with van der Waals surface area (Å²) in [4.78, 5) is 14.0. The number of carbonyl (C=O) groups excluding carboxylic acids is 1. The van der Waals surface area contributed by atoms with Gasteiger partial charge in [0.05, 0.1) is 25.2 Å². The number of nitrogens with one attached hydrogen (secondary N) is 1. The second-order valence-corrected chi connectivity index (χ2v) is 6.20. The molecule has 7 nitrogen and oxygen atoms in total. The molecule has 3 aromatic rings. The molecule has 0 atom stereocenters. The van der Waals surface area contributed by atoms with Crippen LogP contribution in [-0.2, 0) is 17.8 Å². The van der Waals surface area contributed by atoms with E-state index in [-0.39, 0.29) is 5.91 Å². The van der Waals surface area contributed by atoms with Crippen molar-refractivity contribution < 1.29 is 9.53 Å². The minimum atomic E-state index is 0.127. The summed E-state index contributed by atoms with van der Waals surface area (Å²) in [5, 5.41) is 11.1. The van der Waals surface area contributed by atoms with Crippen molar-refractivity contribution in [3.63, 3.8) is 0 Å². The van der Waals surface area contributed by atoms with Gasteiger partial charge in [-0.2, -0.15) is 10.2 Å². The van der Waals surface area contributed by atoms with E-state index in [9.17, 15) is 4.79 Å². The number of methoxy groups -OCH3 is 1. The summed E-state index contributed by atoms with van der Waals surface area (Å²) in [5.74, 6) is 0.909. The largest absolute Gasteiger partial charge is 0.497 e. The predicted molar refractivity (Wildman–Crippen MR) is 98.1 cm³/mol. The lowest BCUT2D eigenvalue weighted by molar-refractivity contribution is -0.130. The maximum Gasteiger partial charge on any atom is 0.222 e. The molecule has 1 aromatic carbocycles. The highest BCUT2D eigenvalue weighted by atomic mass is 16.5. The number of ether oxygens (including phenoxy) is 1. The fraction of sp³-hybridized carbons (Fsp3) is 0.316. The number of aromatic nitrogens is 4. The first-order valence-corrected chi connectivity index (χ1v) is 8.55. The van der Waals surface area contributed by atoms with Gasteiger partial charge in [-0.3, -0.25) is 9.89 Å². The molecule has 0 spiro atoms. The van der Waals surface area contributed by atoms with Crippen LogP contribution >= 0.6 is 0 Å². The smallest absolute Gasteiger partial charge is 0.222 e. The molecule has 26 heavy (non-hydrogen) atoms. The number of carbonyl (C=O) groups is 1. The van der Waals surface area contributed by atoms with Crippen LogP contribution < -0.4 is 4.74 Å². The Hall–Kier alpha value is -3.09. The summed E-state index contributed by atoms with van der Waals surface area (Å²) in [6.45, 7) is 0.536. The Bertz CT molecular complexity index is 841. The van der Waals surface area contributed by atoms with Crippen LogP contribution in [-0.4, -0.2) is 44.9 Å². The van der Waals surface area contributed by atoms with E-state index in [0.717, 1.165) is 35.4 Å².